The Morgan fingerprint density at radius 3 is 2.75 bits per heavy atom. The van der Waals surface area contributed by atoms with Crippen molar-refractivity contribution in [1.29, 1.82) is 0 Å². The van der Waals surface area contributed by atoms with Crippen LogP contribution in [0.2, 0.25) is 5.02 Å². The first-order valence-corrected chi connectivity index (χ1v) is 8.74. The average molecular weight is 361 g/mol. The Morgan fingerprint density at radius 1 is 1.25 bits per heavy atom. The van der Waals surface area contributed by atoms with E-state index < -0.39 is 0 Å². The molecule has 1 atom stereocenters. The van der Waals surface area contributed by atoms with Gasteiger partial charge in [-0.2, -0.15) is 0 Å². The van der Waals surface area contributed by atoms with Crippen LogP contribution in [0, 0.1) is 6.92 Å². The van der Waals surface area contributed by atoms with Gasteiger partial charge in [-0.1, -0.05) is 35.9 Å². The number of aryl methyl sites for hydroxylation is 1. The number of fused-ring (bicyclic) bond motifs is 1. The lowest BCUT2D eigenvalue weighted by atomic mass is 9.90. The fourth-order valence-corrected chi connectivity index (χ4v) is 3.37. The third-order valence-corrected chi connectivity index (χ3v) is 4.74. The Bertz CT molecular complexity index is 776. The number of nitrogens with one attached hydrogen (secondary N) is 2. The van der Waals surface area contributed by atoms with E-state index in [1.807, 2.05) is 43.3 Å². The fraction of sp³-hybridized carbons (Fsp3) is 0.316. The number of hydrogen-bond acceptors (Lipinski definition) is 2. The quantitative estimate of drug-likeness (QED) is 0.718. The molecule has 0 saturated heterocycles. The number of thiocarbonyl (C=S) groups is 1. The molecule has 24 heavy (non-hydrogen) atoms. The largest absolute Gasteiger partial charge is 0.487 e. The average Bonchev–Trinajstić information content (AvgIpc) is 2.50. The molecule has 0 bridgehead atoms. The minimum Gasteiger partial charge on any atom is -0.487 e. The van der Waals surface area contributed by atoms with Gasteiger partial charge in [-0.15, -0.1) is 0 Å². The van der Waals surface area contributed by atoms with Crippen LogP contribution < -0.4 is 15.4 Å². The topological polar surface area (TPSA) is 33.3 Å². The van der Waals surface area contributed by atoms with Crippen LogP contribution in [0.15, 0.2) is 42.5 Å². The standard InChI is InChI=1S/C19H21ClN2OS/c1-12-8-9-13(10-15(12)20)21-18(24)22-16-11-19(2,3)23-17-7-5-4-6-14(16)17/h4-10,16H,11H2,1-3H3,(H2,21,22,24). The van der Waals surface area contributed by atoms with Crippen molar-refractivity contribution in [3.63, 3.8) is 0 Å². The summed E-state index contributed by atoms with van der Waals surface area (Å²) in [4.78, 5) is 0. The Hall–Kier alpha value is -1.78. The zero-order valence-electron chi connectivity index (χ0n) is 14.0. The lowest BCUT2D eigenvalue weighted by Crippen LogP contribution is -2.42. The molecule has 5 heteroatoms. The Balaban J connectivity index is 1.75. The molecule has 3 rings (SSSR count). The third-order valence-electron chi connectivity index (χ3n) is 4.11. The normalized spacial score (nSPS) is 18.2. The lowest BCUT2D eigenvalue weighted by molar-refractivity contribution is 0.0697. The highest BCUT2D eigenvalue weighted by Crippen LogP contribution is 2.39. The van der Waals surface area contributed by atoms with Gasteiger partial charge < -0.3 is 15.4 Å². The van der Waals surface area contributed by atoms with Crippen LogP contribution in [0.4, 0.5) is 5.69 Å². The maximum atomic E-state index is 6.17. The van der Waals surface area contributed by atoms with Crippen LogP contribution >= 0.6 is 23.8 Å². The SMILES string of the molecule is Cc1ccc(NC(=S)NC2CC(C)(C)Oc3ccccc32)cc1Cl. The van der Waals surface area contributed by atoms with Crippen LogP contribution in [-0.4, -0.2) is 10.7 Å². The minimum atomic E-state index is -0.241. The van der Waals surface area contributed by atoms with E-state index in [-0.39, 0.29) is 11.6 Å². The van der Waals surface area contributed by atoms with Crippen LogP contribution in [0.25, 0.3) is 0 Å². The van der Waals surface area contributed by atoms with E-state index in [1.165, 1.54) is 0 Å². The first-order valence-electron chi connectivity index (χ1n) is 7.96. The molecule has 2 aromatic rings. The molecular weight excluding hydrogens is 340 g/mol. The summed E-state index contributed by atoms with van der Waals surface area (Å²) in [6.45, 7) is 6.16. The number of hydrogen-bond donors (Lipinski definition) is 2. The molecule has 0 radical (unpaired) electrons. The lowest BCUT2D eigenvalue weighted by Gasteiger charge is -2.38. The Kier molecular flexibility index (Phi) is 4.70. The number of ether oxygens (including phenoxy) is 1. The zero-order valence-corrected chi connectivity index (χ0v) is 15.6. The number of para-hydroxylation sites is 1. The van der Waals surface area contributed by atoms with Crippen molar-refractivity contribution in [2.75, 3.05) is 5.32 Å². The van der Waals surface area contributed by atoms with Gasteiger partial charge in [0.2, 0.25) is 0 Å². The van der Waals surface area contributed by atoms with E-state index in [9.17, 15) is 0 Å². The third kappa shape index (κ3) is 3.82. The molecule has 0 spiro atoms. The molecule has 1 aliphatic heterocycles. The highest BCUT2D eigenvalue weighted by molar-refractivity contribution is 7.80. The van der Waals surface area contributed by atoms with Crippen molar-refractivity contribution in [2.45, 2.75) is 38.8 Å². The molecule has 0 aromatic heterocycles. The first kappa shape index (κ1) is 17.1. The van der Waals surface area contributed by atoms with Gasteiger partial charge in [-0.3, -0.25) is 0 Å². The molecule has 2 N–H and O–H groups in total. The number of rotatable bonds is 2. The second-order valence-corrected chi connectivity index (χ2v) is 7.53. The predicted molar refractivity (Wildman–Crippen MR) is 104 cm³/mol. The molecule has 0 aliphatic carbocycles. The second-order valence-electron chi connectivity index (χ2n) is 6.72. The van der Waals surface area contributed by atoms with Crippen molar-refractivity contribution < 1.29 is 4.74 Å². The fourth-order valence-electron chi connectivity index (χ4n) is 2.93. The zero-order chi connectivity index (χ0) is 17.3. The maximum absolute atomic E-state index is 6.17. The van der Waals surface area contributed by atoms with Crippen molar-refractivity contribution in [3.05, 3.63) is 58.6 Å². The molecular formula is C19H21ClN2OS. The molecule has 0 fully saturated rings. The molecule has 0 amide bonds. The van der Waals surface area contributed by atoms with Crippen LogP contribution in [0.5, 0.6) is 5.75 Å². The molecule has 0 saturated carbocycles. The molecule has 1 aliphatic rings. The monoisotopic (exact) mass is 360 g/mol. The molecule has 2 aromatic carbocycles. The van der Waals surface area contributed by atoms with Gasteiger partial charge >= 0.3 is 0 Å². The molecule has 126 valence electrons. The summed E-state index contributed by atoms with van der Waals surface area (Å²) in [6.07, 6.45) is 0.834. The van der Waals surface area contributed by atoms with Gasteiger partial charge in [0.25, 0.3) is 0 Å². The number of benzene rings is 2. The van der Waals surface area contributed by atoms with E-state index in [0.717, 1.165) is 34.0 Å². The number of halogens is 1. The summed E-state index contributed by atoms with van der Waals surface area (Å²) >= 11 is 11.7. The van der Waals surface area contributed by atoms with Crippen LogP contribution in [0.3, 0.4) is 0 Å². The highest BCUT2D eigenvalue weighted by Gasteiger charge is 2.33. The molecule has 1 unspecified atom stereocenters. The van der Waals surface area contributed by atoms with Gasteiger partial charge in [0, 0.05) is 22.7 Å². The van der Waals surface area contributed by atoms with Gasteiger partial charge in [0.15, 0.2) is 5.11 Å². The van der Waals surface area contributed by atoms with E-state index in [1.54, 1.807) is 0 Å². The minimum absolute atomic E-state index is 0.103. The van der Waals surface area contributed by atoms with Crippen molar-refractivity contribution in [2.24, 2.45) is 0 Å². The summed E-state index contributed by atoms with van der Waals surface area (Å²) < 4.78 is 6.06. The van der Waals surface area contributed by atoms with Gasteiger partial charge in [-0.05, 0) is 56.8 Å². The summed E-state index contributed by atoms with van der Waals surface area (Å²) in [6, 6.07) is 14.0. The summed E-state index contributed by atoms with van der Waals surface area (Å²) in [7, 11) is 0. The molecule has 1 heterocycles. The predicted octanol–water partition coefficient (Wildman–Crippen LogP) is 5.24. The Labute approximate surface area is 153 Å². The highest BCUT2D eigenvalue weighted by atomic mass is 35.5. The van der Waals surface area contributed by atoms with Gasteiger partial charge in [0.05, 0.1) is 6.04 Å². The van der Waals surface area contributed by atoms with Gasteiger partial charge in [-0.25, -0.2) is 0 Å². The maximum Gasteiger partial charge on any atom is 0.171 e. The van der Waals surface area contributed by atoms with E-state index >= 15 is 0 Å². The van der Waals surface area contributed by atoms with Crippen molar-refractivity contribution in [3.8, 4) is 5.75 Å². The van der Waals surface area contributed by atoms with E-state index in [0.29, 0.717) is 5.11 Å². The molecule has 3 nitrogen and oxygen atoms in total. The summed E-state index contributed by atoms with van der Waals surface area (Å²) in [5.41, 5.74) is 2.81. The Morgan fingerprint density at radius 2 is 2.00 bits per heavy atom. The second kappa shape index (κ2) is 6.61. The smallest absolute Gasteiger partial charge is 0.171 e. The van der Waals surface area contributed by atoms with Crippen molar-refractivity contribution in [1.82, 2.24) is 5.32 Å². The van der Waals surface area contributed by atoms with Crippen LogP contribution in [-0.2, 0) is 0 Å². The van der Waals surface area contributed by atoms with E-state index in [4.69, 9.17) is 28.6 Å². The summed E-state index contributed by atoms with van der Waals surface area (Å²) in [5.74, 6) is 0.910. The summed E-state index contributed by atoms with van der Waals surface area (Å²) in [5, 5.41) is 7.92. The van der Waals surface area contributed by atoms with Gasteiger partial charge in [0.1, 0.15) is 11.4 Å². The van der Waals surface area contributed by atoms with E-state index in [2.05, 4.69) is 30.5 Å². The van der Waals surface area contributed by atoms with Crippen molar-refractivity contribution >= 4 is 34.6 Å². The first-order chi connectivity index (χ1) is 11.3. The van der Waals surface area contributed by atoms with Crippen LogP contribution in [0.1, 0.15) is 37.4 Å². The number of anilines is 1.